The van der Waals surface area contributed by atoms with Crippen LogP contribution in [0.15, 0.2) is 46.9 Å². The fourth-order valence-electron chi connectivity index (χ4n) is 1.81. The Morgan fingerprint density at radius 3 is 2.40 bits per heavy atom. The van der Waals surface area contributed by atoms with Gasteiger partial charge in [-0.1, -0.05) is 26.0 Å². The minimum Gasteiger partial charge on any atom is -0.321 e. The summed E-state index contributed by atoms with van der Waals surface area (Å²) in [5.74, 6) is -0.227. The smallest absolute Gasteiger partial charge is 0.255 e. The Hall–Kier alpha value is -1.68. The highest BCUT2D eigenvalue weighted by atomic mass is 79.9. The number of carbonyl (C=O) groups excluding carboxylic acids is 1. The maximum Gasteiger partial charge on any atom is 0.255 e. The first kappa shape index (κ1) is 14.7. The van der Waals surface area contributed by atoms with E-state index in [2.05, 4.69) is 35.1 Å². The third kappa shape index (κ3) is 3.45. The standard InChI is InChI=1S/C16H15BrFNO/c1-10(2)11-3-5-12(6-4-11)16(20)19-15-9-13(18)7-8-14(15)17/h3-10H,1-2H3,(H,19,20). The molecule has 0 saturated carbocycles. The lowest BCUT2D eigenvalue weighted by Crippen LogP contribution is -2.12. The lowest BCUT2D eigenvalue weighted by Gasteiger charge is -2.09. The molecular weight excluding hydrogens is 321 g/mol. The lowest BCUT2D eigenvalue weighted by atomic mass is 10.0. The lowest BCUT2D eigenvalue weighted by molar-refractivity contribution is 0.102. The van der Waals surface area contributed by atoms with Gasteiger partial charge in [-0.15, -0.1) is 0 Å². The summed E-state index contributed by atoms with van der Waals surface area (Å²) in [6, 6.07) is 11.6. The molecule has 4 heteroatoms. The molecule has 0 unspecified atom stereocenters. The van der Waals surface area contributed by atoms with Crippen molar-refractivity contribution in [3.8, 4) is 0 Å². The molecule has 0 aromatic heterocycles. The van der Waals surface area contributed by atoms with Crippen LogP contribution < -0.4 is 5.32 Å². The molecule has 104 valence electrons. The predicted octanol–water partition coefficient (Wildman–Crippen LogP) is 4.96. The molecule has 0 saturated heterocycles. The second kappa shape index (κ2) is 6.18. The van der Waals surface area contributed by atoms with Gasteiger partial charge in [0.05, 0.1) is 5.69 Å². The number of benzene rings is 2. The summed E-state index contributed by atoms with van der Waals surface area (Å²) in [7, 11) is 0. The number of anilines is 1. The molecular formula is C16H15BrFNO. The molecule has 2 aromatic carbocycles. The van der Waals surface area contributed by atoms with E-state index < -0.39 is 5.82 Å². The maximum absolute atomic E-state index is 13.2. The first-order valence-corrected chi connectivity index (χ1v) is 7.13. The Labute approximate surface area is 126 Å². The molecule has 0 aliphatic heterocycles. The fourth-order valence-corrected chi connectivity index (χ4v) is 2.15. The number of hydrogen-bond acceptors (Lipinski definition) is 1. The van der Waals surface area contributed by atoms with E-state index in [1.807, 2.05) is 12.1 Å². The number of halogens is 2. The first-order valence-electron chi connectivity index (χ1n) is 6.33. The molecule has 0 spiro atoms. The average molecular weight is 336 g/mol. The van der Waals surface area contributed by atoms with Gasteiger partial charge >= 0.3 is 0 Å². The minimum atomic E-state index is -0.390. The molecule has 0 radical (unpaired) electrons. The van der Waals surface area contributed by atoms with Crippen LogP contribution in [0.25, 0.3) is 0 Å². The number of nitrogens with one attached hydrogen (secondary N) is 1. The van der Waals surface area contributed by atoms with Crippen LogP contribution in [0.1, 0.15) is 35.7 Å². The molecule has 0 aliphatic rings. The van der Waals surface area contributed by atoms with Gasteiger partial charge in [0.15, 0.2) is 0 Å². The summed E-state index contributed by atoms with van der Waals surface area (Å²) in [5, 5.41) is 2.69. The average Bonchev–Trinajstić information content (AvgIpc) is 2.43. The summed E-state index contributed by atoms with van der Waals surface area (Å²) in [5.41, 5.74) is 2.14. The van der Waals surface area contributed by atoms with Gasteiger partial charge in [0.2, 0.25) is 0 Å². The number of amides is 1. The quantitative estimate of drug-likeness (QED) is 0.843. The minimum absolute atomic E-state index is 0.258. The second-order valence-corrected chi connectivity index (χ2v) is 5.71. The summed E-state index contributed by atoms with van der Waals surface area (Å²) < 4.78 is 13.8. The fraction of sp³-hybridized carbons (Fsp3) is 0.188. The van der Waals surface area contributed by atoms with Crippen LogP contribution in [0.4, 0.5) is 10.1 Å². The Kier molecular flexibility index (Phi) is 4.55. The molecule has 0 heterocycles. The highest BCUT2D eigenvalue weighted by Gasteiger charge is 2.09. The SMILES string of the molecule is CC(C)c1ccc(C(=O)Nc2cc(F)ccc2Br)cc1. The summed E-state index contributed by atoms with van der Waals surface area (Å²) in [6.45, 7) is 4.19. The van der Waals surface area contributed by atoms with Gasteiger partial charge in [0.25, 0.3) is 5.91 Å². The van der Waals surface area contributed by atoms with Gasteiger partial charge < -0.3 is 5.32 Å². The Morgan fingerprint density at radius 2 is 1.80 bits per heavy atom. The zero-order chi connectivity index (χ0) is 14.7. The van der Waals surface area contributed by atoms with E-state index in [4.69, 9.17) is 0 Å². The van der Waals surface area contributed by atoms with Gasteiger partial charge in [-0.2, -0.15) is 0 Å². The highest BCUT2D eigenvalue weighted by molar-refractivity contribution is 9.10. The Morgan fingerprint density at radius 1 is 1.15 bits per heavy atom. The van der Waals surface area contributed by atoms with Crippen molar-refractivity contribution in [2.24, 2.45) is 0 Å². The van der Waals surface area contributed by atoms with E-state index in [0.717, 1.165) is 0 Å². The molecule has 2 nitrogen and oxygen atoms in total. The van der Waals surface area contributed by atoms with E-state index in [9.17, 15) is 9.18 Å². The Bertz CT molecular complexity index is 623. The zero-order valence-corrected chi connectivity index (χ0v) is 12.9. The van der Waals surface area contributed by atoms with Gasteiger partial charge in [-0.3, -0.25) is 4.79 Å². The van der Waals surface area contributed by atoms with Crippen LogP contribution in [0, 0.1) is 5.82 Å². The van der Waals surface area contributed by atoms with Gasteiger partial charge in [-0.25, -0.2) is 4.39 Å². The topological polar surface area (TPSA) is 29.1 Å². The molecule has 2 aromatic rings. The largest absolute Gasteiger partial charge is 0.321 e. The molecule has 1 N–H and O–H groups in total. The van der Waals surface area contributed by atoms with E-state index in [1.165, 1.54) is 17.7 Å². The summed E-state index contributed by atoms with van der Waals surface area (Å²) in [6.07, 6.45) is 0. The van der Waals surface area contributed by atoms with Crippen LogP contribution in [0.3, 0.4) is 0 Å². The molecule has 0 aliphatic carbocycles. The monoisotopic (exact) mass is 335 g/mol. The van der Waals surface area contributed by atoms with E-state index in [-0.39, 0.29) is 5.91 Å². The van der Waals surface area contributed by atoms with Crippen molar-refractivity contribution in [2.45, 2.75) is 19.8 Å². The zero-order valence-electron chi connectivity index (χ0n) is 11.3. The van der Waals surface area contributed by atoms with E-state index in [0.29, 0.717) is 21.6 Å². The molecule has 2 rings (SSSR count). The molecule has 1 amide bonds. The number of carbonyl (C=O) groups is 1. The van der Waals surface area contributed by atoms with Crippen molar-refractivity contribution >= 4 is 27.5 Å². The third-order valence-corrected chi connectivity index (χ3v) is 3.71. The summed E-state index contributed by atoms with van der Waals surface area (Å²) >= 11 is 3.28. The van der Waals surface area contributed by atoms with Crippen LogP contribution in [0.5, 0.6) is 0 Å². The van der Waals surface area contributed by atoms with Crippen molar-refractivity contribution < 1.29 is 9.18 Å². The van der Waals surface area contributed by atoms with Crippen LogP contribution in [-0.2, 0) is 0 Å². The van der Waals surface area contributed by atoms with Gasteiger partial charge in [0, 0.05) is 10.0 Å². The molecule has 0 bridgehead atoms. The van der Waals surface area contributed by atoms with E-state index >= 15 is 0 Å². The Balaban J connectivity index is 2.17. The van der Waals surface area contributed by atoms with Crippen molar-refractivity contribution in [2.75, 3.05) is 5.32 Å². The molecule has 0 atom stereocenters. The van der Waals surface area contributed by atoms with Crippen molar-refractivity contribution in [1.82, 2.24) is 0 Å². The third-order valence-electron chi connectivity index (χ3n) is 3.02. The van der Waals surface area contributed by atoms with Crippen molar-refractivity contribution in [1.29, 1.82) is 0 Å². The van der Waals surface area contributed by atoms with Crippen molar-refractivity contribution in [3.05, 3.63) is 63.9 Å². The number of hydrogen-bond donors (Lipinski definition) is 1. The molecule has 20 heavy (non-hydrogen) atoms. The van der Waals surface area contributed by atoms with Crippen LogP contribution >= 0.6 is 15.9 Å². The highest BCUT2D eigenvalue weighted by Crippen LogP contribution is 2.24. The molecule has 0 fully saturated rings. The number of rotatable bonds is 3. The van der Waals surface area contributed by atoms with E-state index in [1.54, 1.807) is 18.2 Å². The first-order chi connectivity index (χ1) is 9.47. The maximum atomic E-state index is 13.2. The van der Waals surface area contributed by atoms with Crippen LogP contribution in [0.2, 0.25) is 0 Å². The second-order valence-electron chi connectivity index (χ2n) is 4.86. The van der Waals surface area contributed by atoms with Crippen LogP contribution in [-0.4, -0.2) is 5.91 Å². The van der Waals surface area contributed by atoms with Gasteiger partial charge in [0.1, 0.15) is 5.82 Å². The van der Waals surface area contributed by atoms with Gasteiger partial charge in [-0.05, 0) is 57.7 Å². The normalized spacial score (nSPS) is 10.7. The summed E-state index contributed by atoms with van der Waals surface area (Å²) in [4.78, 5) is 12.1. The predicted molar refractivity (Wildman–Crippen MR) is 82.6 cm³/mol. The van der Waals surface area contributed by atoms with Crippen molar-refractivity contribution in [3.63, 3.8) is 0 Å².